The van der Waals surface area contributed by atoms with E-state index in [0.29, 0.717) is 23.6 Å². The van der Waals surface area contributed by atoms with E-state index in [1.165, 1.54) is 11.8 Å². The predicted octanol–water partition coefficient (Wildman–Crippen LogP) is 3.75. The number of hydrogen-bond donors (Lipinski definition) is 1. The number of aromatic nitrogens is 2. The highest BCUT2D eigenvalue weighted by molar-refractivity contribution is 9.10. The third-order valence-electron chi connectivity index (χ3n) is 2.81. The lowest BCUT2D eigenvalue weighted by atomic mass is 10.2. The molecular weight excluding hydrogens is 366 g/mol. The highest BCUT2D eigenvalue weighted by Gasteiger charge is 2.18. The third kappa shape index (κ3) is 4.84. The Hall–Kier alpha value is -1.34. The van der Waals surface area contributed by atoms with Gasteiger partial charge in [0.05, 0.1) is 5.25 Å². The lowest BCUT2D eigenvalue weighted by Gasteiger charge is -2.11. The minimum atomic E-state index is -0.283. The standard InChI is InChI=1S/C15H18BrN3O2S/c1-9(2)8-17-13(20)10(3)22-15-19-18-14(21-15)11-5-4-6-12(16)7-11/h4-7,9-10H,8H2,1-3H3,(H,17,20)/t10-/m1/s1. The Kier molecular flexibility index (Phi) is 6.02. The van der Waals surface area contributed by atoms with Crippen LogP contribution in [0.2, 0.25) is 0 Å². The summed E-state index contributed by atoms with van der Waals surface area (Å²) in [5.74, 6) is 0.840. The number of amides is 1. The van der Waals surface area contributed by atoms with Gasteiger partial charge in [0.2, 0.25) is 11.8 Å². The molecule has 0 aliphatic rings. The van der Waals surface area contributed by atoms with Crippen LogP contribution in [0.1, 0.15) is 20.8 Å². The largest absolute Gasteiger partial charge is 0.411 e. The van der Waals surface area contributed by atoms with E-state index in [1.54, 1.807) is 0 Å². The first-order valence-corrected chi connectivity index (χ1v) is 8.66. The number of nitrogens with one attached hydrogen (secondary N) is 1. The molecule has 0 unspecified atom stereocenters. The summed E-state index contributed by atoms with van der Waals surface area (Å²) in [6, 6.07) is 7.63. The first kappa shape index (κ1) is 17.0. The highest BCUT2D eigenvalue weighted by atomic mass is 79.9. The number of benzene rings is 1. The Labute approximate surface area is 142 Å². The molecule has 1 heterocycles. The van der Waals surface area contributed by atoms with Crippen LogP contribution in [0.15, 0.2) is 38.4 Å². The van der Waals surface area contributed by atoms with E-state index in [-0.39, 0.29) is 11.2 Å². The normalized spacial score (nSPS) is 12.4. The number of rotatable bonds is 6. The Balaban J connectivity index is 1.98. The van der Waals surface area contributed by atoms with E-state index in [0.717, 1.165) is 10.0 Å². The maximum atomic E-state index is 11.9. The van der Waals surface area contributed by atoms with Crippen molar-refractivity contribution in [1.82, 2.24) is 15.5 Å². The van der Waals surface area contributed by atoms with E-state index < -0.39 is 0 Å². The third-order valence-corrected chi connectivity index (χ3v) is 4.24. The molecule has 1 atom stereocenters. The van der Waals surface area contributed by atoms with Gasteiger partial charge in [-0.15, -0.1) is 10.2 Å². The molecule has 0 radical (unpaired) electrons. The average Bonchev–Trinajstić information content (AvgIpc) is 2.93. The van der Waals surface area contributed by atoms with E-state index in [9.17, 15) is 4.79 Å². The Morgan fingerprint density at radius 3 is 2.82 bits per heavy atom. The van der Waals surface area contributed by atoms with Crippen LogP contribution < -0.4 is 5.32 Å². The lowest BCUT2D eigenvalue weighted by molar-refractivity contribution is -0.120. The topological polar surface area (TPSA) is 68.0 Å². The minimum Gasteiger partial charge on any atom is -0.411 e. The molecule has 0 aliphatic carbocycles. The molecule has 2 aromatic rings. The smallest absolute Gasteiger partial charge is 0.277 e. The molecule has 0 saturated carbocycles. The number of halogens is 1. The van der Waals surface area contributed by atoms with Crippen LogP contribution in [0, 0.1) is 5.92 Å². The van der Waals surface area contributed by atoms with Crippen molar-refractivity contribution in [2.45, 2.75) is 31.2 Å². The average molecular weight is 384 g/mol. The van der Waals surface area contributed by atoms with Gasteiger partial charge in [-0.2, -0.15) is 0 Å². The number of nitrogens with zero attached hydrogens (tertiary/aromatic N) is 2. The van der Waals surface area contributed by atoms with Gasteiger partial charge in [0.15, 0.2) is 0 Å². The van der Waals surface area contributed by atoms with Crippen LogP contribution in [0.25, 0.3) is 11.5 Å². The molecule has 5 nitrogen and oxygen atoms in total. The molecule has 0 fully saturated rings. The summed E-state index contributed by atoms with van der Waals surface area (Å²) < 4.78 is 6.55. The predicted molar refractivity (Wildman–Crippen MR) is 90.6 cm³/mol. The summed E-state index contributed by atoms with van der Waals surface area (Å²) in [6.45, 7) is 6.60. The summed E-state index contributed by atoms with van der Waals surface area (Å²) in [5, 5.41) is 11.0. The van der Waals surface area contributed by atoms with Crippen molar-refractivity contribution < 1.29 is 9.21 Å². The van der Waals surface area contributed by atoms with Gasteiger partial charge in [0.1, 0.15) is 0 Å². The maximum Gasteiger partial charge on any atom is 0.277 e. The molecular formula is C15H18BrN3O2S. The van der Waals surface area contributed by atoms with Gasteiger partial charge >= 0.3 is 0 Å². The van der Waals surface area contributed by atoms with Crippen LogP contribution in [0.3, 0.4) is 0 Å². The van der Waals surface area contributed by atoms with Gasteiger partial charge in [-0.05, 0) is 31.0 Å². The Bertz CT molecular complexity index is 645. The highest BCUT2D eigenvalue weighted by Crippen LogP contribution is 2.27. The van der Waals surface area contributed by atoms with E-state index >= 15 is 0 Å². The molecule has 2 rings (SSSR count). The van der Waals surface area contributed by atoms with Crippen molar-refractivity contribution in [3.63, 3.8) is 0 Å². The summed E-state index contributed by atoms with van der Waals surface area (Å²) in [6.07, 6.45) is 0. The van der Waals surface area contributed by atoms with Crippen LogP contribution in [0.4, 0.5) is 0 Å². The zero-order valence-corrected chi connectivity index (χ0v) is 15.1. The van der Waals surface area contributed by atoms with E-state index in [4.69, 9.17) is 4.42 Å². The second-order valence-electron chi connectivity index (χ2n) is 5.28. The van der Waals surface area contributed by atoms with Crippen LogP contribution in [0.5, 0.6) is 0 Å². The fourth-order valence-electron chi connectivity index (χ4n) is 1.65. The molecule has 22 heavy (non-hydrogen) atoms. The second-order valence-corrected chi connectivity index (χ2v) is 7.49. The van der Waals surface area contributed by atoms with Crippen molar-refractivity contribution in [3.8, 4) is 11.5 Å². The number of carbonyl (C=O) groups excluding carboxylic acids is 1. The molecule has 1 aromatic carbocycles. The SMILES string of the molecule is CC(C)CNC(=O)[C@@H](C)Sc1nnc(-c2cccc(Br)c2)o1. The van der Waals surface area contributed by atoms with Gasteiger partial charge in [0, 0.05) is 16.6 Å². The molecule has 0 saturated heterocycles. The molecule has 0 spiro atoms. The monoisotopic (exact) mass is 383 g/mol. The first-order valence-electron chi connectivity index (χ1n) is 6.99. The van der Waals surface area contributed by atoms with Crippen molar-refractivity contribution >= 4 is 33.6 Å². The second kappa shape index (κ2) is 7.78. The van der Waals surface area contributed by atoms with Gasteiger partial charge < -0.3 is 9.73 Å². The Morgan fingerprint density at radius 1 is 1.36 bits per heavy atom. The zero-order valence-electron chi connectivity index (χ0n) is 12.7. The van der Waals surface area contributed by atoms with Crippen molar-refractivity contribution in [2.24, 2.45) is 5.92 Å². The molecule has 118 valence electrons. The summed E-state index contributed by atoms with van der Waals surface area (Å²) >= 11 is 4.67. The Morgan fingerprint density at radius 2 is 2.14 bits per heavy atom. The van der Waals surface area contributed by atoms with Crippen LogP contribution in [-0.2, 0) is 4.79 Å². The zero-order chi connectivity index (χ0) is 16.1. The summed E-state index contributed by atoms with van der Waals surface area (Å²) in [7, 11) is 0. The number of hydrogen-bond acceptors (Lipinski definition) is 5. The summed E-state index contributed by atoms with van der Waals surface area (Å²) in [4.78, 5) is 11.9. The van der Waals surface area contributed by atoms with Gasteiger partial charge in [0.25, 0.3) is 5.22 Å². The maximum absolute atomic E-state index is 11.9. The lowest BCUT2D eigenvalue weighted by Crippen LogP contribution is -2.33. The fourth-order valence-corrected chi connectivity index (χ4v) is 2.76. The quantitative estimate of drug-likeness (QED) is 0.769. The molecule has 0 aliphatic heterocycles. The van der Waals surface area contributed by atoms with E-state index in [1.807, 2.05) is 31.2 Å². The molecule has 1 amide bonds. The van der Waals surface area contributed by atoms with Crippen molar-refractivity contribution in [1.29, 1.82) is 0 Å². The van der Waals surface area contributed by atoms with Gasteiger partial charge in [-0.25, -0.2) is 0 Å². The number of carbonyl (C=O) groups is 1. The molecule has 7 heteroatoms. The minimum absolute atomic E-state index is 0.0269. The van der Waals surface area contributed by atoms with Crippen molar-refractivity contribution in [3.05, 3.63) is 28.7 Å². The fraction of sp³-hybridized carbons (Fsp3) is 0.400. The van der Waals surface area contributed by atoms with E-state index in [2.05, 4.69) is 45.3 Å². The van der Waals surface area contributed by atoms with Gasteiger partial charge in [-0.1, -0.05) is 47.6 Å². The van der Waals surface area contributed by atoms with Crippen LogP contribution >= 0.6 is 27.7 Å². The first-order chi connectivity index (χ1) is 10.5. The number of thioether (sulfide) groups is 1. The molecule has 0 bridgehead atoms. The van der Waals surface area contributed by atoms with Gasteiger partial charge in [-0.3, -0.25) is 4.79 Å². The van der Waals surface area contributed by atoms with Crippen LogP contribution in [-0.4, -0.2) is 27.9 Å². The molecule has 1 aromatic heterocycles. The molecule has 1 N–H and O–H groups in total. The summed E-state index contributed by atoms with van der Waals surface area (Å²) in [5.41, 5.74) is 0.839. The van der Waals surface area contributed by atoms with Crippen molar-refractivity contribution in [2.75, 3.05) is 6.54 Å².